The molecular weight excluding hydrogens is 512 g/mol. The Morgan fingerprint density at radius 3 is 2.61 bits per heavy atom. The van der Waals surface area contributed by atoms with Crippen molar-refractivity contribution in [2.75, 3.05) is 0 Å². The van der Waals surface area contributed by atoms with Gasteiger partial charge in [-0.1, -0.05) is 36.4 Å². The maximum Gasteiger partial charge on any atom is 0.387 e. The van der Waals surface area contributed by atoms with Gasteiger partial charge in [0.15, 0.2) is 6.10 Å². The predicted octanol–water partition coefficient (Wildman–Crippen LogP) is 7.03. The second-order valence-electron chi connectivity index (χ2n) is 7.35. The monoisotopic (exact) mass is 527 g/mol. The van der Waals surface area contributed by atoms with Crippen LogP contribution in [0.15, 0.2) is 76.6 Å². The molecular formula is C25H16BrF2NO3S. The molecule has 2 heterocycles. The van der Waals surface area contributed by atoms with E-state index in [2.05, 4.69) is 15.9 Å². The average molecular weight is 528 g/mol. The molecule has 1 atom stereocenters. The van der Waals surface area contributed by atoms with Gasteiger partial charge in [-0.15, -0.1) is 11.3 Å². The van der Waals surface area contributed by atoms with Crippen molar-refractivity contribution in [1.29, 1.82) is 0 Å². The van der Waals surface area contributed by atoms with E-state index in [0.29, 0.717) is 22.4 Å². The van der Waals surface area contributed by atoms with E-state index in [-0.39, 0.29) is 5.75 Å². The zero-order valence-electron chi connectivity index (χ0n) is 16.9. The highest BCUT2D eigenvalue weighted by atomic mass is 79.9. The number of primary amides is 1. The number of rotatable bonds is 5. The summed E-state index contributed by atoms with van der Waals surface area (Å²) in [5, 5.41) is 1.94. The summed E-state index contributed by atoms with van der Waals surface area (Å²) in [6.45, 7) is -2.97. The standard InChI is InChI=1S/C25H16BrF2NO3S/c26-18-10-11-33-23(18)22-17-12-13(14-4-1-2-5-16(14)24(29)30)8-9-15(17)21-19(31-22)6-3-7-20(21)32-25(27)28/h1-12,22,25H,(H2,29,30). The summed E-state index contributed by atoms with van der Waals surface area (Å²) in [6.07, 6.45) is -0.482. The van der Waals surface area contributed by atoms with Crippen molar-refractivity contribution in [2.24, 2.45) is 5.73 Å². The maximum atomic E-state index is 13.1. The molecule has 0 bridgehead atoms. The molecule has 1 aromatic heterocycles. The summed E-state index contributed by atoms with van der Waals surface area (Å²) in [5.74, 6) is -0.0379. The molecule has 0 spiro atoms. The molecule has 8 heteroatoms. The van der Waals surface area contributed by atoms with Gasteiger partial charge >= 0.3 is 6.61 Å². The van der Waals surface area contributed by atoms with Crippen molar-refractivity contribution in [2.45, 2.75) is 12.7 Å². The third-order valence-electron chi connectivity index (χ3n) is 5.44. The fourth-order valence-corrected chi connectivity index (χ4v) is 5.70. The molecule has 3 aromatic carbocycles. The lowest BCUT2D eigenvalue weighted by Gasteiger charge is -2.30. The van der Waals surface area contributed by atoms with Crippen LogP contribution in [0.5, 0.6) is 11.5 Å². The van der Waals surface area contributed by atoms with Crippen molar-refractivity contribution in [1.82, 2.24) is 0 Å². The van der Waals surface area contributed by atoms with Gasteiger partial charge in [0.25, 0.3) is 0 Å². The minimum absolute atomic E-state index is 0.0396. The number of hydrogen-bond acceptors (Lipinski definition) is 4. The van der Waals surface area contributed by atoms with Crippen LogP contribution < -0.4 is 15.2 Å². The third kappa shape index (κ3) is 3.89. The van der Waals surface area contributed by atoms with E-state index in [1.807, 2.05) is 41.8 Å². The largest absolute Gasteiger partial charge is 0.479 e. The van der Waals surface area contributed by atoms with Crippen LogP contribution in [0.3, 0.4) is 0 Å². The lowest BCUT2D eigenvalue weighted by atomic mass is 9.88. The molecule has 2 N–H and O–H groups in total. The number of fused-ring (bicyclic) bond motifs is 3. The topological polar surface area (TPSA) is 61.6 Å². The van der Waals surface area contributed by atoms with Gasteiger partial charge in [-0.2, -0.15) is 8.78 Å². The molecule has 1 amide bonds. The van der Waals surface area contributed by atoms with E-state index in [0.717, 1.165) is 26.0 Å². The fraction of sp³-hybridized carbons (Fsp3) is 0.0800. The molecule has 4 nitrogen and oxygen atoms in total. The molecule has 0 aliphatic carbocycles. The maximum absolute atomic E-state index is 13.1. The summed E-state index contributed by atoms with van der Waals surface area (Å²) < 4.78 is 38.3. The Morgan fingerprint density at radius 2 is 1.88 bits per heavy atom. The zero-order valence-corrected chi connectivity index (χ0v) is 19.3. The molecule has 0 radical (unpaired) electrons. The van der Waals surface area contributed by atoms with Gasteiger partial charge in [-0.3, -0.25) is 4.79 Å². The fourth-order valence-electron chi connectivity index (χ4n) is 4.07. The number of nitrogens with two attached hydrogens (primary N) is 1. The van der Waals surface area contributed by atoms with E-state index in [1.165, 1.54) is 17.4 Å². The van der Waals surface area contributed by atoms with Crippen molar-refractivity contribution in [3.05, 3.63) is 92.6 Å². The zero-order chi connectivity index (χ0) is 23.1. The molecule has 1 aliphatic heterocycles. The molecule has 1 aliphatic rings. The number of benzene rings is 3. The molecule has 0 saturated heterocycles. The lowest BCUT2D eigenvalue weighted by molar-refractivity contribution is -0.0496. The molecule has 166 valence electrons. The minimum atomic E-state index is -2.97. The van der Waals surface area contributed by atoms with Gasteiger partial charge in [0.1, 0.15) is 11.5 Å². The first-order valence-corrected chi connectivity index (χ1v) is 11.6. The Kier molecular flexibility index (Phi) is 5.64. The third-order valence-corrected chi connectivity index (χ3v) is 7.35. The number of ether oxygens (including phenoxy) is 2. The van der Waals surface area contributed by atoms with Crippen LogP contribution in [0.1, 0.15) is 26.9 Å². The van der Waals surface area contributed by atoms with E-state index < -0.39 is 18.6 Å². The Hall–Kier alpha value is -3.23. The summed E-state index contributed by atoms with van der Waals surface area (Å²) in [6, 6.07) is 19.5. The van der Waals surface area contributed by atoms with Crippen molar-refractivity contribution in [3.63, 3.8) is 0 Å². The lowest BCUT2D eigenvalue weighted by Crippen LogP contribution is -2.16. The van der Waals surface area contributed by atoms with Crippen LogP contribution in [0, 0.1) is 0 Å². The summed E-state index contributed by atoms with van der Waals surface area (Å²) in [5.41, 5.74) is 9.38. The summed E-state index contributed by atoms with van der Waals surface area (Å²) in [4.78, 5) is 12.9. The number of carbonyl (C=O) groups excluding carboxylic acids is 1. The smallest absolute Gasteiger partial charge is 0.387 e. The normalized spacial score (nSPS) is 14.4. The highest BCUT2D eigenvalue weighted by Crippen LogP contribution is 2.51. The number of amides is 1. The molecule has 0 saturated carbocycles. The van der Waals surface area contributed by atoms with Crippen molar-refractivity contribution < 1.29 is 23.0 Å². The van der Waals surface area contributed by atoms with Crippen molar-refractivity contribution >= 4 is 33.2 Å². The van der Waals surface area contributed by atoms with E-state index in [9.17, 15) is 13.6 Å². The van der Waals surface area contributed by atoms with Crippen LogP contribution in [-0.2, 0) is 0 Å². The molecule has 1 unspecified atom stereocenters. The summed E-state index contributed by atoms with van der Waals surface area (Å²) in [7, 11) is 0. The Morgan fingerprint density at radius 1 is 1.06 bits per heavy atom. The SMILES string of the molecule is NC(=O)c1ccccc1-c1ccc2c(c1)C(c1sccc1Br)Oc1cccc(OC(F)F)c1-2. The Labute approximate surface area is 200 Å². The second kappa shape index (κ2) is 8.61. The van der Waals surface area contributed by atoms with Crippen LogP contribution in [-0.4, -0.2) is 12.5 Å². The molecule has 0 fully saturated rings. The van der Waals surface area contributed by atoms with Gasteiger partial charge in [-0.05, 0) is 68.3 Å². The number of carbonyl (C=O) groups is 1. The molecule has 33 heavy (non-hydrogen) atoms. The van der Waals surface area contributed by atoms with Gasteiger partial charge in [-0.25, -0.2) is 0 Å². The number of hydrogen-bond donors (Lipinski definition) is 1. The first-order chi connectivity index (χ1) is 15.9. The van der Waals surface area contributed by atoms with Crippen molar-refractivity contribution in [3.8, 4) is 33.8 Å². The van der Waals surface area contributed by atoms with Gasteiger partial charge in [0.2, 0.25) is 5.91 Å². The second-order valence-corrected chi connectivity index (χ2v) is 9.15. The van der Waals surface area contributed by atoms with Gasteiger partial charge < -0.3 is 15.2 Å². The van der Waals surface area contributed by atoms with Crippen LogP contribution >= 0.6 is 27.3 Å². The summed E-state index contributed by atoms with van der Waals surface area (Å²) >= 11 is 5.10. The van der Waals surface area contributed by atoms with Crippen LogP contribution in [0.25, 0.3) is 22.3 Å². The first kappa shape index (κ1) is 21.6. The average Bonchev–Trinajstić information content (AvgIpc) is 3.23. The number of thiophene rings is 1. The number of alkyl halides is 2. The molecule has 4 aromatic rings. The highest BCUT2D eigenvalue weighted by Gasteiger charge is 2.32. The van der Waals surface area contributed by atoms with E-state index in [4.69, 9.17) is 15.2 Å². The van der Waals surface area contributed by atoms with Gasteiger partial charge in [0, 0.05) is 15.6 Å². The van der Waals surface area contributed by atoms with Crippen LogP contribution in [0.4, 0.5) is 8.78 Å². The van der Waals surface area contributed by atoms with E-state index >= 15 is 0 Å². The van der Waals surface area contributed by atoms with Crippen LogP contribution in [0.2, 0.25) is 0 Å². The number of halogens is 3. The first-order valence-electron chi connectivity index (χ1n) is 9.95. The minimum Gasteiger partial charge on any atom is -0.479 e. The predicted molar refractivity (Wildman–Crippen MR) is 127 cm³/mol. The van der Waals surface area contributed by atoms with E-state index in [1.54, 1.807) is 24.3 Å². The van der Waals surface area contributed by atoms with Gasteiger partial charge in [0.05, 0.1) is 10.4 Å². The molecule has 5 rings (SSSR count). The quantitative estimate of drug-likeness (QED) is 0.303. The Bertz CT molecular complexity index is 1370. The Balaban J connectivity index is 1.75. The highest BCUT2D eigenvalue weighted by molar-refractivity contribution is 9.10.